The van der Waals surface area contributed by atoms with Gasteiger partial charge in [0.1, 0.15) is 39.9 Å². The first-order valence-corrected chi connectivity index (χ1v) is 21.7. The minimum atomic E-state index is -4.84. The number of piperidine rings is 1. The molecule has 8 rings (SSSR count). The zero-order chi connectivity index (χ0) is 47.0. The topological polar surface area (TPSA) is 185 Å². The quantitative estimate of drug-likeness (QED) is 0.116. The summed E-state index contributed by atoms with van der Waals surface area (Å²) in [6.07, 6.45) is -2.77. The molecule has 2 aliphatic rings. The van der Waals surface area contributed by atoms with Gasteiger partial charge in [-0.15, -0.1) is 13.2 Å². The normalized spacial score (nSPS) is 14.5. The van der Waals surface area contributed by atoms with E-state index in [0.717, 1.165) is 75.5 Å². The molecule has 3 N–H and O–H groups in total. The Balaban J connectivity index is 0.000000202. The number of hydrogen-bond acceptors (Lipinski definition) is 15. The molecule has 0 unspecified atom stereocenters. The molecular formula is C44H47Cl2F3N12O5. The Morgan fingerprint density at radius 1 is 0.712 bits per heavy atom. The second-order valence-corrected chi connectivity index (χ2v) is 16.4. The molecule has 2 saturated heterocycles. The van der Waals surface area contributed by atoms with Gasteiger partial charge in [0.2, 0.25) is 11.9 Å². The first-order valence-electron chi connectivity index (χ1n) is 20.9. The van der Waals surface area contributed by atoms with Gasteiger partial charge in [0, 0.05) is 56.4 Å². The van der Waals surface area contributed by atoms with Gasteiger partial charge in [-0.25, -0.2) is 29.9 Å². The van der Waals surface area contributed by atoms with Crippen LogP contribution in [0.15, 0.2) is 66.7 Å². The molecule has 0 saturated carbocycles. The number of nitrogens with zero attached hydrogens (tertiary/aromatic N) is 9. The minimum Gasteiger partial charge on any atom is -0.484 e. The van der Waals surface area contributed by atoms with Crippen LogP contribution in [0.1, 0.15) is 24.2 Å². The number of pyridine rings is 2. The maximum atomic E-state index is 12.4. The summed E-state index contributed by atoms with van der Waals surface area (Å²) in [7, 11) is 4.18. The fraction of sp³-hybridized carbons (Fsp3) is 0.364. The largest absolute Gasteiger partial charge is 0.573 e. The molecule has 0 aliphatic carbocycles. The summed E-state index contributed by atoms with van der Waals surface area (Å²) in [4.78, 5) is 58.7. The van der Waals surface area contributed by atoms with Gasteiger partial charge in [0.05, 0.1) is 27.4 Å². The molecule has 22 heteroatoms. The van der Waals surface area contributed by atoms with E-state index in [-0.39, 0.29) is 29.1 Å². The number of carbonyl (C=O) groups is 2. The van der Waals surface area contributed by atoms with E-state index in [0.29, 0.717) is 56.8 Å². The monoisotopic (exact) mass is 950 g/mol. The summed E-state index contributed by atoms with van der Waals surface area (Å²) >= 11 is 11.8. The van der Waals surface area contributed by atoms with E-state index < -0.39 is 24.6 Å². The molecule has 348 valence electrons. The number of aromatic nitrogens is 6. The smallest absolute Gasteiger partial charge is 0.484 e. The molecule has 66 heavy (non-hydrogen) atoms. The van der Waals surface area contributed by atoms with Gasteiger partial charge in [-0.1, -0.05) is 23.2 Å². The van der Waals surface area contributed by atoms with Crippen molar-refractivity contribution >= 4 is 80.6 Å². The van der Waals surface area contributed by atoms with Gasteiger partial charge >= 0.3 is 6.36 Å². The van der Waals surface area contributed by atoms with Crippen LogP contribution in [-0.2, 0) is 9.59 Å². The third-order valence-corrected chi connectivity index (χ3v) is 11.0. The van der Waals surface area contributed by atoms with Crippen LogP contribution in [0.2, 0.25) is 10.0 Å². The lowest BCUT2D eigenvalue weighted by atomic mass is 10.0. The molecule has 6 heterocycles. The van der Waals surface area contributed by atoms with Crippen molar-refractivity contribution in [2.24, 2.45) is 0 Å². The maximum absolute atomic E-state index is 12.4. The Morgan fingerprint density at radius 2 is 1.23 bits per heavy atom. The first-order chi connectivity index (χ1) is 31.6. The number of amides is 2. The molecule has 2 aromatic carbocycles. The number of fused-ring (bicyclic) bond motifs is 2. The number of anilines is 4. The van der Waals surface area contributed by atoms with Gasteiger partial charge in [-0.2, -0.15) is 0 Å². The van der Waals surface area contributed by atoms with E-state index in [9.17, 15) is 22.8 Å². The third-order valence-electron chi connectivity index (χ3n) is 10.5. The van der Waals surface area contributed by atoms with Crippen LogP contribution in [0.4, 0.5) is 36.7 Å². The van der Waals surface area contributed by atoms with Crippen LogP contribution in [0.5, 0.6) is 17.2 Å². The maximum Gasteiger partial charge on any atom is 0.573 e. The number of alkyl halides is 3. The zero-order valence-electron chi connectivity index (χ0n) is 36.5. The Kier molecular flexibility index (Phi) is 15.4. The number of carbonyl (C=O) groups excluding carboxylic acids is 2. The fourth-order valence-electron chi connectivity index (χ4n) is 7.13. The number of rotatable bonds is 12. The molecule has 2 amide bonds. The second-order valence-electron chi connectivity index (χ2n) is 15.5. The average Bonchev–Trinajstić information content (AvgIpc) is 3.29. The van der Waals surface area contributed by atoms with Crippen molar-refractivity contribution < 1.29 is 37.0 Å². The summed E-state index contributed by atoms with van der Waals surface area (Å²) in [6, 6.07) is 17.5. The molecule has 17 nitrogen and oxygen atoms in total. The van der Waals surface area contributed by atoms with E-state index >= 15 is 0 Å². The number of nitrogens with one attached hydrogen (secondary N) is 3. The highest BCUT2D eigenvalue weighted by molar-refractivity contribution is 6.32. The average molecular weight is 952 g/mol. The number of piperazine rings is 1. The van der Waals surface area contributed by atoms with E-state index in [1.54, 1.807) is 42.5 Å². The van der Waals surface area contributed by atoms with E-state index in [2.05, 4.69) is 79.4 Å². The van der Waals surface area contributed by atoms with Gasteiger partial charge in [0.25, 0.3) is 11.8 Å². The van der Waals surface area contributed by atoms with Crippen molar-refractivity contribution in [3.63, 3.8) is 0 Å². The molecule has 6 aromatic rings. The van der Waals surface area contributed by atoms with E-state index in [1.807, 2.05) is 19.9 Å². The molecule has 0 radical (unpaired) electrons. The van der Waals surface area contributed by atoms with Crippen LogP contribution >= 0.6 is 23.2 Å². The van der Waals surface area contributed by atoms with Crippen molar-refractivity contribution in [3.8, 4) is 17.2 Å². The number of aryl methyl sites for hydroxylation is 2. The van der Waals surface area contributed by atoms with Crippen molar-refractivity contribution in [1.29, 1.82) is 0 Å². The highest BCUT2D eigenvalue weighted by Gasteiger charge is 2.31. The Labute approximate surface area is 388 Å². The molecule has 4 aromatic heterocycles. The second kappa shape index (κ2) is 21.3. The van der Waals surface area contributed by atoms with Crippen LogP contribution in [0, 0.1) is 13.8 Å². The Bertz CT molecular complexity index is 2670. The van der Waals surface area contributed by atoms with Crippen LogP contribution < -0.4 is 40.0 Å². The van der Waals surface area contributed by atoms with E-state index in [1.165, 1.54) is 6.07 Å². The van der Waals surface area contributed by atoms with Crippen LogP contribution in [0.25, 0.3) is 22.1 Å². The summed E-state index contributed by atoms with van der Waals surface area (Å²) in [6.45, 7) is 8.52. The lowest BCUT2D eigenvalue weighted by Gasteiger charge is -2.35. The highest BCUT2D eigenvalue weighted by Crippen LogP contribution is 2.32. The van der Waals surface area contributed by atoms with Crippen LogP contribution in [-0.4, -0.2) is 126 Å². The summed E-state index contributed by atoms with van der Waals surface area (Å²) < 4.78 is 51.6. The molecule has 0 bridgehead atoms. The van der Waals surface area contributed by atoms with Crippen molar-refractivity contribution in [3.05, 3.63) is 88.2 Å². The Morgan fingerprint density at radius 3 is 1.74 bits per heavy atom. The molecular weight excluding hydrogens is 904 g/mol. The molecule has 0 spiro atoms. The van der Waals surface area contributed by atoms with Crippen molar-refractivity contribution in [2.75, 3.05) is 87.0 Å². The van der Waals surface area contributed by atoms with Crippen molar-refractivity contribution in [1.82, 2.24) is 40.1 Å². The summed E-state index contributed by atoms with van der Waals surface area (Å²) in [5.41, 5.74) is 4.11. The van der Waals surface area contributed by atoms with Crippen molar-refractivity contribution in [2.45, 2.75) is 39.1 Å². The minimum absolute atomic E-state index is 0.0317. The summed E-state index contributed by atoms with van der Waals surface area (Å²) in [5, 5.41) is 9.17. The van der Waals surface area contributed by atoms with Gasteiger partial charge in [-0.3, -0.25) is 9.59 Å². The van der Waals surface area contributed by atoms with Gasteiger partial charge < -0.3 is 44.9 Å². The van der Waals surface area contributed by atoms with E-state index in [4.69, 9.17) is 32.7 Å². The molecule has 0 atom stereocenters. The Hall–Kier alpha value is -6.35. The molecule has 2 aliphatic heterocycles. The zero-order valence-corrected chi connectivity index (χ0v) is 38.0. The molecule has 2 fully saturated rings. The highest BCUT2D eigenvalue weighted by atomic mass is 35.5. The lowest BCUT2D eigenvalue weighted by molar-refractivity contribution is -0.274. The third kappa shape index (κ3) is 12.9. The van der Waals surface area contributed by atoms with Gasteiger partial charge in [0.15, 0.2) is 13.2 Å². The number of halogens is 5. The predicted octanol–water partition coefficient (Wildman–Crippen LogP) is 6.85. The van der Waals surface area contributed by atoms with Gasteiger partial charge in [-0.05, 0) is 101 Å². The standard InChI is InChI=1S/C24H26ClF3N6O3.C20H21ClN6O2/c1-14-22-18(30-23(29-14)34-10-8-15(9-11-34)33(2)3)5-7-20(32-22)31-21(35)13-36-19-6-4-16(12-17(19)25)37-24(26,27)28;1-13-19-16(24-20(23-13)27-10-8-22-9-11-27)6-7-17(26-19)25-18(28)12-29-15-4-2-14(21)3-5-15/h4-7,12,15H,8-11,13H2,1-3H3,(H,31,32,35);2-7,22H,8-12H2,1H3,(H,25,26,28). The lowest BCUT2D eigenvalue weighted by Crippen LogP contribution is -2.44. The predicted molar refractivity (Wildman–Crippen MR) is 246 cm³/mol. The first kappa shape index (κ1) is 47.6. The summed E-state index contributed by atoms with van der Waals surface area (Å²) in [5.74, 6) is 1.37. The number of ether oxygens (including phenoxy) is 3. The SMILES string of the molecule is Cc1nc(N2CCC(N(C)C)CC2)nc2ccc(NC(=O)COc3ccc(OC(F)(F)F)cc3Cl)nc12.Cc1nc(N2CCNCC2)nc2ccc(NC(=O)COc3ccc(Cl)cc3)nc12. The number of benzene rings is 2. The number of hydrogen-bond donors (Lipinski definition) is 3. The van der Waals surface area contributed by atoms with Crippen LogP contribution in [0.3, 0.4) is 0 Å². The fourth-order valence-corrected chi connectivity index (χ4v) is 7.48.